The summed E-state index contributed by atoms with van der Waals surface area (Å²) in [5.74, 6) is -0.285. The smallest absolute Gasteiger partial charge is 0.409 e. The third kappa shape index (κ3) is 5.43. The third-order valence-electron chi connectivity index (χ3n) is 4.31. The average Bonchev–Trinajstić information content (AvgIpc) is 2.68. The fourth-order valence-electron chi connectivity index (χ4n) is 2.75. The van der Waals surface area contributed by atoms with E-state index in [4.69, 9.17) is 4.74 Å². The van der Waals surface area contributed by atoms with Gasteiger partial charge in [0.05, 0.1) is 11.5 Å². The first-order valence-corrected chi connectivity index (χ1v) is 10.6. The minimum absolute atomic E-state index is 0.0789. The highest BCUT2D eigenvalue weighted by atomic mass is 32.2. The number of ether oxygens (including phenoxy) is 1. The molecular weight excluding hydrogens is 370 g/mol. The Morgan fingerprint density at radius 1 is 1.15 bits per heavy atom. The Hall–Kier alpha value is -2.13. The Morgan fingerprint density at radius 3 is 2.48 bits per heavy atom. The average molecular weight is 397 g/mol. The molecule has 1 aromatic carbocycles. The number of rotatable bonds is 7. The maximum absolute atomic E-state index is 12.9. The molecule has 2 rings (SSSR count). The summed E-state index contributed by atoms with van der Waals surface area (Å²) in [5.41, 5.74) is 0.317. The van der Waals surface area contributed by atoms with E-state index in [2.05, 4.69) is 5.32 Å². The zero-order valence-corrected chi connectivity index (χ0v) is 16.6. The summed E-state index contributed by atoms with van der Waals surface area (Å²) < 4.78 is 32.0. The number of carbonyl (C=O) groups excluding carboxylic acids is 2. The van der Waals surface area contributed by atoms with Crippen LogP contribution in [0.1, 0.15) is 37.0 Å². The number of nitrogens with zero attached hydrogens (tertiary/aromatic N) is 2. The molecule has 1 saturated heterocycles. The number of nitrogens with one attached hydrogen (secondary N) is 1. The first-order valence-electron chi connectivity index (χ1n) is 9.20. The van der Waals surface area contributed by atoms with E-state index in [-0.39, 0.29) is 43.6 Å². The van der Waals surface area contributed by atoms with Gasteiger partial charge >= 0.3 is 6.09 Å². The van der Waals surface area contributed by atoms with Gasteiger partial charge in [0.15, 0.2) is 0 Å². The minimum Gasteiger partial charge on any atom is -0.450 e. The minimum atomic E-state index is -3.73. The molecule has 9 heteroatoms. The molecule has 1 heterocycles. The van der Waals surface area contributed by atoms with Gasteiger partial charge in [0.25, 0.3) is 5.91 Å². The number of hydrogen-bond donors (Lipinski definition) is 1. The molecule has 0 spiro atoms. The molecule has 1 aromatic rings. The molecule has 27 heavy (non-hydrogen) atoms. The summed E-state index contributed by atoms with van der Waals surface area (Å²) in [4.78, 5) is 25.5. The molecule has 0 saturated carbocycles. The van der Waals surface area contributed by atoms with Gasteiger partial charge < -0.3 is 15.0 Å². The van der Waals surface area contributed by atoms with Gasteiger partial charge in [-0.1, -0.05) is 19.4 Å². The number of piperazine rings is 1. The van der Waals surface area contributed by atoms with Crippen LogP contribution < -0.4 is 5.32 Å². The van der Waals surface area contributed by atoms with Crippen LogP contribution in [-0.2, 0) is 14.8 Å². The standard InChI is InChI=1S/C18H27N3O5S/c1-3-5-9-19-17(22)15-7-6-8-16(14-15)27(24,25)21-12-10-20(11-13-21)18(23)26-4-2/h6-8,14H,3-5,9-13H2,1-2H3,(H,19,22). The lowest BCUT2D eigenvalue weighted by molar-refractivity contribution is 0.0930. The summed E-state index contributed by atoms with van der Waals surface area (Å²) in [7, 11) is -3.73. The normalized spacial score (nSPS) is 15.4. The Balaban J connectivity index is 2.06. The zero-order valence-electron chi connectivity index (χ0n) is 15.8. The highest BCUT2D eigenvalue weighted by molar-refractivity contribution is 7.89. The van der Waals surface area contributed by atoms with Crippen LogP contribution in [0.4, 0.5) is 4.79 Å². The molecule has 0 aliphatic carbocycles. The van der Waals surface area contributed by atoms with Gasteiger partial charge in [-0.2, -0.15) is 4.31 Å². The van der Waals surface area contributed by atoms with Gasteiger partial charge in [0.2, 0.25) is 10.0 Å². The fourth-order valence-corrected chi connectivity index (χ4v) is 4.22. The Bertz CT molecular complexity index is 758. The van der Waals surface area contributed by atoms with Crippen molar-refractivity contribution in [2.45, 2.75) is 31.6 Å². The van der Waals surface area contributed by atoms with Gasteiger partial charge in [-0.3, -0.25) is 4.79 Å². The van der Waals surface area contributed by atoms with Gasteiger partial charge in [0.1, 0.15) is 0 Å². The predicted octanol–water partition coefficient (Wildman–Crippen LogP) is 1.68. The van der Waals surface area contributed by atoms with Crippen molar-refractivity contribution in [3.8, 4) is 0 Å². The van der Waals surface area contributed by atoms with E-state index in [0.717, 1.165) is 12.8 Å². The Labute approximate surface area is 160 Å². The molecule has 1 aliphatic heterocycles. The van der Waals surface area contributed by atoms with Crippen LogP contribution in [0.5, 0.6) is 0 Å². The Kier molecular flexibility index (Phi) is 7.61. The molecule has 0 radical (unpaired) electrons. The molecule has 0 aromatic heterocycles. The van der Waals surface area contributed by atoms with Gasteiger partial charge in [0, 0.05) is 38.3 Å². The van der Waals surface area contributed by atoms with Crippen molar-refractivity contribution in [3.05, 3.63) is 29.8 Å². The first kappa shape index (κ1) is 21.2. The molecule has 0 bridgehead atoms. The monoisotopic (exact) mass is 397 g/mol. The molecule has 1 N–H and O–H groups in total. The number of sulfonamides is 1. The van der Waals surface area contributed by atoms with Crippen molar-refractivity contribution in [3.63, 3.8) is 0 Å². The van der Waals surface area contributed by atoms with Crippen molar-refractivity contribution in [1.82, 2.24) is 14.5 Å². The summed E-state index contributed by atoms with van der Waals surface area (Å²) >= 11 is 0. The van der Waals surface area contributed by atoms with Crippen LogP contribution in [0.25, 0.3) is 0 Å². The molecule has 1 fully saturated rings. The highest BCUT2D eigenvalue weighted by Crippen LogP contribution is 2.19. The maximum Gasteiger partial charge on any atom is 0.409 e. The molecular formula is C18H27N3O5S. The van der Waals surface area contributed by atoms with Gasteiger partial charge in [-0.25, -0.2) is 13.2 Å². The van der Waals surface area contributed by atoms with Crippen molar-refractivity contribution >= 4 is 22.0 Å². The van der Waals surface area contributed by atoms with Crippen LogP contribution in [-0.4, -0.2) is 69.0 Å². The van der Waals surface area contributed by atoms with Gasteiger partial charge in [-0.05, 0) is 31.5 Å². The van der Waals surface area contributed by atoms with E-state index in [1.165, 1.54) is 21.3 Å². The lowest BCUT2D eigenvalue weighted by Gasteiger charge is -2.33. The number of amides is 2. The van der Waals surface area contributed by atoms with Crippen LogP contribution in [0.15, 0.2) is 29.2 Å². The van der Waals surface area contributed by atoms with Gasteiger partial charge in [-0.15, -0.1) is 0 Å². The summed E-state index contributed by atoms with van der Waals surface area (Å²) in [6, 6.07) is 6.04. The Morgan fingerprint density at radius 2 is 1.85 bits per heavy atom. The molecule has 2 amide bonds. The summed E-state index contributed by atoms with van der Waals surface area (Å²) in [5, 5.41) is 2.78. The second-order valence-electron chi connectivity index (χ2n) is 6.23. The van der Waals surface area contributed by atoms with Crippen LogP contribution in [0.2, 0.25) is 0 Å². The lowest BCUT2D eigenvalue weighted by Crippen LogP contribution is -2.50. The first-order chi connectivity index (χ1) is 12.9. The predicted molar refractivity (Wildman–Crippen MR) is 101 cm³/mol. The molecule has 0 atom stereocenters. The summed E-state index contributed by atoms with van der Waals surface area (Å²) in [6.07, 6.45) is 1.40. The zero-order chi connectivity index (χ0) is 19.9. The van der Waals surface area contributed by atoms with Crippen LogP contribution in [0, 0.1) is 0 Å². The second kappa shape index (κ2) is 9.70. The maximum atomic E-state index is 12.9. The quantitative estimate of drug-likeness (QED) is 0.706. The van der Waals surface area contributed by atoms with Crippen LogP contribution in [0.3, 0.4) is 0 Å². The molecule has 0 unspecified atom stereocenters. The SMILES string of the molecule is CCCCNC(=O)c1cccc(S(=O)(=O)N2CCN(C(=O)OCC)CC2)c1. The number of benzene rings is 1. The largest absolute Gasteiger partial charge is 0.450 e. The van der Waals surface area contributed by atoms with E-state index < -0.39 is 16.1 Å². The summed E-state index contributed by atoms with van der Waals surface area (Å²) in [6.45, 7) is 5.52. The number of carbonyl (C=O) groups is 2. The second-order valence-corrected chi connectivity index (χ2v) is 8.17. The fraction of sp³-hybridized carbons (Fsp3) is 0.556. The van der Waals surface area contributed by atoms with Crippen molar-refractivity contribution in [1.29, 1.82) is 0 Å². The van der Waals surface area contributed by atoms with Crippen molar-refractivity contribution < 1.29 is 22.7 Å². The van der Waals surface area contributed by atoms with E-state index >= 15 is 0 Å². The van der Waals surface area contributed by atoms with Crippen LogP contribution >= 0.6 is 0 Å². The number of unbranched alkanes of at least 4 members (excludes halogenated alkanes) is 1. The third-order valence-corrected chi connectivity index (χ3v) is 6.21. The molecule has 8 nitrogen and oxygen atoms in total. The van der Waals surface area contributed by atoms with E-state index in [0.29, 0.717) is 12.1 Å². The number of hydrogen-bond acceptors (Lipinski definition) is 5. The molecule has 1 aliphatic rings. The van der Waals surface area contributed by atoms with Crippen molar-refractivity contribution in [2.75, 3.05) is 39.3 Å². The van der Waals surface area contributed by atoms with E-state index in [9.17, 15) is 18.0 Å². The molecule has 150 valence electrons. The topological polar surface area (TPSA) is 96.0 Å². The van der Waals surface area contributed by atoms with Crippen molar-refractivity contribution in [2.24, 2.45) is 0 Å². The lowest BCUT2D eigenvalue weighted by atomic mass is 10.2. The highest BCUT2D eigenvalue weighted by Gasteiger charge is 2.30. The van der Waals surface area contributed by atoms with E-state index in [1.807, 2.05) is 6.92 Å². The van der Waals surface area contributed by atoms with E-state index in [1.54, 1.807) is 19.1 Å².